The Morgan fingerprint density at radius 1 is 1.17 bits per heavy atom. The largest absolute Gasteiger partial charge is 0.391 e. The van der Waals surface area contributed by atoms with Gasteiger partial charge in [0.05, 0.1) is 17.1 Å². The molecule has 0 unspecified atom stereocenters. The third-order valence-corrected chi connectivity index (χ3v) is 6.39. The first-order valence-corrected chi connectivity index (χ1v) is 12.2. The van der Waals surface area contributed by atoms with Gasteiger partial charge in [0.15, 0.2) is 0 Å². The molecule has 35 heavy (non-hydrogen) atoms. The zero-order valence-electron chi connectivity index (χ0n) is 20.6. The average Bonchev–Trinajstić information content (AvgIpc) is 3.43. The molecule has 2 amide bonds. The number of nitrogens with zero attached hydrogens (tertiary/aromatic N) is 2. The Morgan fingerprint density at radius 2 is 1.91 bits per heavy atom. The number of hydrogen-bond acceptors (Lipinski definition) is 4. The minimum absolute atomic E-state index is 0.0659. The molecule has 0 bridgehead atoms. The lowest BCUT2D eigenvalue weighted by Crippen LogP contribution is -2.45. The number of aromatic nitrogens is 2. The van der Waals surface area contributed by atoms with Gasteiger partial charge in [0.2, 0.25) is 11.8 Å². The molecule has 0 aliphatic carbocycles. The number of imidazole rings is 1. The van der Waals surface area contributed by atoms with Gasteiger partial charge in [-0.2, -0.15) is 0 Å². The molecule has 4 rings (SSSR count). The van der Waals surface area contributed by atoms with Crippen LogP contribution in [-0.4, -0.2) is 57.0 Å². The van der Waals surface area contributed by atoms with Gasteiger partial charge in [-0.3, -0.25) is 9.59 Å². The lowest BCUT2D eigenvalue weighted by Gasteiger charge is -2.22. The number of rotatable bonds is 7. The summed E-state index contributed by atoms with van der Waals surface area (Å²) in [6.45, 7) is 7.10. The zero-order valence-corrected chi connectivity index (χ0v) is 20.6. The van der Waals surface area contributed by atoms with Gasteiger partial charge in [-0.15, -0.1) is 0 Å². The van der Waals surface area contributed by atoms with Crippen molar-refractivity contribution in [2.24, 2.45) is 0 Å². The van der Waals surface area contributed by atoms with Crippen LogP contribution in [0.3, 0.4) is 0 Å². The number of aliphatic hydroxyl groups excluding tert-OH is 1. The molecule has 0 spiro atoms. The standard InChI is InChI=1S/C28H34N4O3/c1-28(2,3)20-13-10-19(11-14-20)12-15-26(34)32-18-21(33)17-24(32)27(35)29-16-6-9-25-30-22-7-4-5-8-23(22)31-25/h4-5,7-8,10-15,21,24,33H,6,9,16-18H2,1-3H3,(H,29,35)(H,30,31)/b15-12+/t21-,24+/m1/s1. The molecule has 0 saturated carbocycles. The monoisotopic (exact) mass is 474 g/mol. The number of likely N-dealkylation sites (tertiary alicyclic amines) is 1. The number of nitrogens with one attached hydrogen (secondary N) is 2. The summed E-state index contributed by atoms with van der Waals surface area (Å²) < 4.78 is 0. The van der Waals surface area contributed by atoms with Crippen LogP contribution in [0.1, 0.15) is 50.6 Å². The van der Waals surface area contributed by atoms with Crippen molar-refractivity contribution < 1.29 is 14.7 Å². The predicted molar refractivity (Wildman–Crippen MR) is 138 cm³/mol. The van der Waals surface area contributed by atoms with Crippen molar-refractivity contribution in [3.63, 3.8) is 0 Å². The molecule has 2 heterocycles. The molecule has 0 radical (unpaired) electrons. The fourth-order valence-electron chi connectivity index (χ4n) is 4.37. The summed E-state index contributed by atoms with van der Waals surface area (Å²) in [6.07, 6.45) is 4.20. The molecule has 184 valence electrons. The van der Waals surface area contributed by atoms with E-state index in [9.17, 15) is 14.7 Å². The Morgan fingerprint density at radius 3 is 2.63 bits per heavy atom. The Kier molecular flexibility index (Phi) is 7.36. The van der Waals surface area contributed by atoms with Crippen LogP contribution in [0.5, 0.6) is 0 Å². The average molecular weight is 475 g/mol. The SMILES string of the molecule is CC(C)(C)c1ccc(/C=C/C(=O)N2C[C@H](O)C[C@H]2C(=O)NCCCc2nc3ccccc3[nH]2)cc1. The van der Waals surface area contributed by atoms with E-state index in [1.807, 2.05) is 36.4 Å². The molecule has 1 aromatic heterocycles. The molecular weight excluding hydrogens is 440 g/mol. The Labute approximate surface area is 206 Å². The number of H-pyrrole nitrogens is 1. The number of hydrogen-bond donors (Lipinski definition) is 3. The minimum Gasteiger partial charge on any atom is -0.391 e. The highest BCUT2D eigenvalue weighted by Gasteiger charge is 2.37. The van der Waals surface area contributed by atoms with Gasteiger partial charge in [0.25, 0.3) is 0 Å². The normalized spacial score (nSPS) is 18.5. The van der Waals surface area contributed by atoms with E-state index in [0.29, 0.717) is 13.0 Å². The van der Waals surface area contributed by atoms with Crippen LogP contribution in [0.4, 0.5) is 0 Å². The molecule has 7 heteroatoms. The Hall–Kier alpha value is -3.45. The molecule has 2 aromatic carbocycles. The molecule has 1 saturated heterocycles. The van der Waals surface area contributed by atoms with Crippen molar-refractivity contribution in [1.29, 1.82) is 0 Å². The number of aliphatic hydroxyl groups is 1. The van der Waals surface area contributed by atoms with E-state index in [4.69, 9.17) is 0 Å². The van der Waals surface area contributed by atoms with Crippen molar-refractivity contribution in [2.45, 2.75) is 57.6 Å². The number of aryl methyl sites for hydroxylation is 1. The van der Waals surface area contributed by atoms with Crippen LogP contribution in [0.25, 0.3) is 17.1 Å². The topological polar surface area (TPSA) is 98.3 Å². The quantitative estimate of drug-likeness (QED) is 0.360. The van der Waals surface area contributed by atoms with E-state index >= 15 is 0 Å². The minimum atomic E-state index is -0.704. The molecular formula is C28H34N4O3. The summed E-state index contributed by atoms with van der Waals surface area (Å²) in [6, 6.07) is 15.3. The molecule has 1 aliphatic rings. The maximum absolute atomic E-state index is 12.8. The maximum Gasteiger partial charge on any atom is 0.247 e. The van der Waals surface area contributed by atoms with E-state index in [1.54, 1.807) is 6.08 Å². The van der Waals surface area contributed by atoms with Crippen LogP contribution in [0.15, 0.2) is 54.6 Å². The number of amides is 2. The van der Waals surface area contributed by atoms with Gasteiger partial charge in [-0.25, -0.2) is 4.98 Å². The van der Waals surface area contributed by atoms with Crippen molar-refractivity contribution >= 4 is 28.9 Å². The summed E-state index contributed by atoms with van der Waals surface area (Å²) >= 11 is 0. The summed E-state index contributed by atoms with van der Waals surface area (Å²) in [7, 11) is 0. The second-order valence-corrected chi connectivity index (χ2v) is 10.2. The van der Waals surface area contributed by atoms with Crippen molar-refractivity contribution in [3.8, 4) is 0 Å². The molecule has 7 nitrogen and oxygen atoms in total. The van der Waals surface area contributed by atoms with Gasteiger partial charge in [-0.1, -0.05) is 57.2 Å². The zero-order chi connectivity index (χ0) is 25.0. The van der Waals surface area contributed by atoms with Crippen LogP contribution in [0.2, 0.25) is 0 Å². The third kappa shape index (κ3) is 6.17. The number of carbonyl (C=O) groups excluding carboxylic acids is 2. The third-order valence-electron chi connectivity index (χ3n) is 6.39. The Bertz CT molecular complexity index is 1170. The smallest absolute Gasteiger partial charge is 0.247 e. The number of para-hydroxylation sites is 2. The highest BCUT2D eigenvalue weighted by molar-refractivity contribution is 5.96. The fourth-order valence-corrected chi connectivity index (χ4v) is 4.37. The summed E-state index contributed by atoms with van der Waals surface area (Å²) in [5, 5.41) is 13.1. The van der Waals surface area contributed by atoms with Crippen molar-refractivity contribution in [2.75, 3.05) is 13.1 Å². The molecule has 1 aliphatic heterocycles. The molecule has 1 fully saturated rings. The van der Waals surface area contributed by atoms with E-state index in [0.717, 1.165) is 28.8 Å². The van der Waals surface area contributed by atoms with Crippen LogP contribution < -0.4 is 5.32 Å². The predicted octanol–water partition coefficient (Wildman–Crippen LogP) is 3.58. The molecule has 3 N–H and O–H groups in total. The number of carbonyl (C=O) groups is 2. The summed E-state index contributed by atoms with van der Waals surface area (Å²) in [4.78, 5) is 34.9. The summed E-state index contributed by atoms with van der Waals surface area (Å²) in [5.74, 6) is 0.375. The summed E-state index contributed by atoms with van der Waals surface area (Å²) in [5.41, 5.74) is 4.13. The van der Waals surface area contributed by atoms with Crippen LogP contribution >= 0.6 is 0 Å². The van der Waals surface area contributed by atoms with E-state index in [1.165, 1.54) is 16.5 Å². The van der Waals surface area contributed by atoms with Crippen molar-refractivity contribution in [3.05, 3.63) is 71.6 Å². The fraction of sp³-hybridized carbons (Fsp3) is 0.393. The number of aromatic amines is 1. The van der Waals surface area contributed by atoms with Gasteiger partial charge >= 0.3 is 0 Å². The lowest BCUT2D eigenvalue weighted by molar-refractivity contribution is -0.135. The first-order valence-electron chi connectivity index (χ1n) is 12.2. The van der Waals surface area contributed by atoms with E-state index in [-0.39, 0.29) is 30.2 Å². The number of β-amino-alcohol motifs (C(OH)–C–C–N with tert-alkyl or cyclic N) is 1. The first kappa shape index (κ1) is 24.7. The Balaban J connectivity index is 1.29. The number of benzene rings is 2. The molecule has 3 aromatic rings. The van der Waals surface area contributed by atoms with Gasteiger partial charge in [0.1, 0.15) is 11.9 Å². The van der Waals surface area contributed by atoms with Gasteiger partial charge in [-0.05, 0) is 41.2 Å². The lowest BCUT2D eigenvalue weighted by atomic mass is 9.87. The second kappa shape index (κ2) is 10.4. The van der Waals surface area contributed by atoms with Gasteiger partial charge < -0.3 is 20.3 Å². The van der Waals surface area contributed by atoms with Crippen LogP contribution in [-0.2, 0) is 21.4 Å². The van der Waals surface area contributed by atoms with Gasteiger partial charge in [0, 0.05) is 32.0 Å². The van der Waals surface area contributed by atoms with Crippen LogP contribution in [0, 0.1) is 0 Å². The maximum atomic E-state index is 12.8. The highest BCUT2D eigenvalue weighted by Crippen LogP contribution is 2.23. The van der Waals surface area contributed by atoms with Crippen molar-refractivity contribution in [1.82, 2.24) is 20.2 Å². The van der Waals surface area contributed by atoms with E-state index < -0.39 is 12.1 Å². The highest BCUT2D eigenvalue weighted by atomic mass is 16.3. The number of fused-ring (bicyclic) bond motifs is 1. The second-order valence-electron chi connectivity index (χ2n) is 10.2. The molecule has 2 atom stereocenters. The first-order chi connectivity index (χ1) is 16.7. The van der Waals surface area contributed by atoms with E-state index in [2.05, 4.69) is 48.2 Å².